The van der Waals surface area contributed by atoms with Crippen LogP contribution in [0.4, 0.5) is 4.79 Å². The van der Waals surface area contributed by atoms with Crippen LogP contribution in [0.1, 0.15) is 36.8 Å². The van der Waals surface area contributed by atoms with Crippen molar-refractivity contribution in [3.05, 3.63) is 28.0 Å². The van der Waals surface area contributed by atoms with Gasteiger partial charge in [-0.25, -0.2) is 9.69 Å². The van der Waals surface area contributed by atoms with Crippen LogP contribution in [0.5, 0.6) is 0 Å². The number of rotatable bonds is 0. The maximum Gasteiger partial charge on any atom is 0.417 e. The van der Waals surface area contributed by atoms with Gasteiger partial charge in [0.25, 0.3) is 5.91 Å². The van der Waals surface area contributed by atoms with E-state index >= 15 is 0 Å². The summed E-state index contributed by atoms with van der Waals surface area (Å²) in [6.45, 7) is 5.61. The van der Waals surface area contributed by atoms with E-state index in [1.54, 1.807) is 33.0 Å². The second-order valence-corrected chi connectivity index (χ2v) is 6.25. The maximum absolute atomic E-state index is 12.3. The van der Waals surface area contributed by atoms with Crippen molar-refractivity contribution in [3.63, 3.8) is 0 Å². The van der Waals surface area contributed by atoms with Gasteiger partial charge >= 0.3 is 6.09 Å². The molecule has 19 heavy (non-hydrogen) atoms. The molecule has 0 saturated carbocycles. The predicted molar refractivity (Wildman–Crippen MR) is 72.9 cm³/mol. The normalized spacial score (nSPS) is 15.2. The van der Waals surface area contributed by atoms with Gasteiger partial charge in [-0.05, 0) is 42.8 Å². The molecule has 5 nitrogen and oxygen atoms in total. The highest BCUT2D eigenvalue weighted by atomic mass is 79.9. The zero-order valence-electron chi connectivity index (χ0n) is 11.1. The Hall–Kier alpha value is -1.43. The van der Waals surface area contributed by atoms with Crippen molar-refractivity contribution >= 4 is 27.9 Å². The maximum atomic E-state index is 12.3. The first-order valence-electron chi connectivity index (χ1n) is 5.97. The molecule has 0 atom stereocenters. The van der Waals surface area contributed by atoms with Crippen LogP contribution in [0.2, 0.25) is 0 Å². The summed E-state index contributed by atoms with van der Waals surface area (Å²) >= 11 is 3.27. The highest BCUT2D eigenvalue weighted by Crippen LogP contribution is 2.22. The Bertz CT molecular complexity index is 537. The van der Waals surface area contributed by atoms with E-state index in [1.807, 2.05) is 0 Å². The number of hydrogen-bond acceptors (Lipinski definition) is 4. The van der Waals surface area contributed by atoms with Gasteiger partial charge in [0.2, 0.25) is 0 Å². The fourth-order valence-electron chi connectivity index (χ4n) is 1.81. The lowest BCUT2D eigenvalue weighted by Crippen LogP contribution is -2.44. The lowest BCUT2D eigenvalue weighted by Gasteiger charge is -2.29. The quantitative estimate of drug-likeness (QED) is 0.735. The zero-order valence-corrected chi connectivity index (χ0v) is 12.7. The van der Waals surface area contributed by atoms with Crippen LogP contribution in [-0.4, -0.2) is 34.0 Å². The standard InChI is InChI=1S/C13H15BrN2O3/c1-13(2,3)19-12(18)16-5-4-10-9(11(16)17)6-8(14)7-15-10/h6-7H,4-5H2,1-3H3. The highest BCUT2D eigenvalue weighted by Gasteiger charge is 2.32. The summed E-state index contributed by atoms with van der Waals surface area (Å²) in [7, 11) is 0. The Morgan fingerprint density at radius 2 is 2.16 bits per heavy atom. The monoisotopic (exact) mass is 326 g/mol. The molecule has 0 aromatic carbocycles. The lowest BCUT2D eigenvalue weighted by molar-refractivity contribution is 0.0232. The molecule has 102 valence electrons. The van der Waals surface area contributed by atoms with Gasteiger partial charge in [-0.15, -0.1) is 0 Å². The topological polar surface area (TPSA) is 59.5 Å². The third kappa shape index (κ3) is 3.12. The molecule has 0 aliphatic carbocycles. The molecular weight excluding hydrogens is 312 g/mol. The molecule has 0 radical (unpaired) electrons. The number of carbonyl (C=O) groups is 2. The van der Waals surface area contributed by atoms with Crippen molar-refractivity contribution in [2.24, 2.45) is 0 Å². The number of pyridine rings is 1. The molecule has 1 aromatic heterocycles. The van der Waals surface area contributed by atoms with E-state index in [1.165, 1.54) is 0 Å². The van der Waals surface area contributed by atoms with Crippen molar-refractivity contribution in [3.8, 4) is 0 Å². The third-order valence-electron chi connectivity index (χ3n) is 2.60. The van der Waals surface area contributed by atoms with Crippen LogP contribution < -0.4 is 0 Å². The Balaban J connectivity index is 2.24. The van der Waals surface area contributed by atoms with Crippen LogP contribution in [0.25, 0.3) is 0 Å². The SMILES string of the molecule is CC(C)(C)OC(=O)N1CCc2ncc(Br)cc2C1=O. The van der Waals surface area contributed by atoms with Crippen LogP contribution >= 0.6 is 15.9 Å². The summed E-state index contributed by atoms with van der Waals surface area (Å²) in [5.74, 6) is -0.357. The second-order valence-electron chi connectivity index (χ2n) is 5.33. The molecule has 1 aliphatic heterocycles. The molecule has 2 rings (SSSR count). The number of halogens is 1. The van der Waals surface area contributed by atoms with Crippen molar-refractivity contribution < 1.29 is 14.3 Å². The first kappa shape index (κ1) is 14.0. The van der Waals surface area contributed by atoms with E-state index in [0.29, 0.717) is 28.7 Å². The van der Waals surface area contributed by atoms with Gasteiger partial charge in [-0.3, -0.25) is 9.78 Å². The van der Waals surface area contributed by atoms with Crippen molar-refractivity contribution in [1.82, 2.24) is 9.88 Å². The molecular formula is C13H15BrN2O3. The minimum Gasteiger partial charge on any atom is -0.443 e. The Morgan fingerprint density at radius 1 is 1.47 bits per heavy atom. The lowest BCUT2D eigenvalue weighted by atomic mass is 10.1. The molecule has 1 aromatic rings. The number of aromatic nitrogens is 1. The number of hydrogen-bond donors (Lipinski definition) is 0. The molecule has 0 bridgehead atoms. The minimum atomic E-state index is -0.618. The van der Waals surface area contributed by atoms with Gasteiger partial charge in [0.1, 0.15) is 5.60 Å². The summed E-state index contributed by atoms with van der Waals surface area (Å²) < 4.78 is 5.94. The van der Waals surface area contributed by atoms with Crippen LogP contribution in [0.3, 0.4) is 0 Å². The predicted octanol–water partition coefficient (Wildman–Crippen LogP) is 2.78. The minimum absolute atomic E-state index is 0.301. The van der Waals surface area contributed by atoms with Crippen LogP contribution in [0, 0.1) is 0 Å². The molecule has 0 fully saturated rings. The summed E-state index contributed by atoms with van der Waals surface area (Å²) in [6, 6.07) is 1.68. The van der Waals surface area contributed by atoms with E-state index in [4.69, 9.17) is 4.74 Å². The van der Waals surface area contributed by atoms with Gasteiger partial charge in [0.05, 0.1) is 11.3 Å². The summed E-state index contributed by atoms with van der Waals surface area (Å²) in [5.41, 5.74) is 0.548. The Morgan fingerprint density at radius 3 is 2.79 bits per heavy atom. The largest absolute Gasteiger partial charge is 0.443 e. The molecule has 6 heteroatoms. The van der Waals surface area contributed by atoms with Gasteiger partial charge < -0.3 is 4.74 Å². The molecule has 2 heterocycles. The fraction of sp³-hybridized carbons (Fsp3) is 0.462. The summed E-state index contributed by atoms with van der Waals surface area (Å²) in [5, 5.41) is 0. The average Bonchev–Trinajstić information content (AvgIpc) is 2.28. The second kappa shape index (κ2) is 4.92. The van der Waals surface area contributed by atoms with E-state index in [0.717, 1.165) is 4.90 Å². The fourth-order valence-corrected chi connectivity index (χ4v) is 2.14. The van der Waals surface area contributed by atoms with Crippen LogP contribution in [0.15, 0.2) is 16.7 Å². The Labute approximate surface area is 120 Å². The molecule has 1 aliphatic rings. The third-order valence-corrected chi connectivity index (χ3v) is 3.03. The number of nitrogens with zero attached hydrogens (tertiary/aromatic N) is 2. The summed E-state index contributed by atoms with van der Waals surface area (Å²) in [4.78, 5) is 29.5. The van der Waals surface area contributed by atoms with E-state index in [2.05, 4.69) is 20.9 Å². The van der Waals surface area contributed by atoms with Gasteiger partial charge in [0, 0.05) is 23.6 Å². The smallest absolute Gasteiger partial charge is 0.417 e. The molecule has 2 amide bonds. The highest BCUT2D eigenvalue weighted by molar-refractivity contribution is 9.10. The summed E-state index contributed by atoms with van der Waals surface area (Å²) in [6.07, 6.45) is 1.59. The van der Waals surface area contributed by atoms with E-state index in [-0.39, 0.29) is 5.91 Å². The van der Waals surface area contributed by atoms with Gasteiger partial charge in [-0.1, -0.05) is 0 Å². The first-order valence-corrected chi connectivity index (χ1v) is 6.76. The average molecular weight is 327 g/mol. The molecule has 0 N–H and O–H groups in total. The molecule has 0 saturated heterocycles. The van der Waals surface area contributed by atoms with E-state index < -0.39 is 11.7 Å². The van der Waals surface area contributed by atoms with Crippen molar-refractivity contribution in [2.45, 2.75) is 32.8 Å². The number of imide groups is 1. The number of carbonyl (C=O) groups excluding carboxylic acids is 2. The van der Waals surface area contributed by atoms with Crippen molar-refractivity contribution in [1.29, 1.82) is 0 Å². The van der Waals surface area contributed by atoms with Crippen molar-refractivity contribution in [2.75, 3.05) is 6.54 Å². The van der Waals surface area contributed by atoms with Gasteiger partial charge in [-0.2, -0.15) is 0 Å². The first-order chi connectivity index (χ1) is 8.78. The number of amides is 2. The van der Waals surface area contributed by atoms with E-state index in [9.17, 15) is 9.59 Å². The van der Waals surface area contributed by atoms with Gasteiger partial charge in [0.15, 0.2) is 0 Å². The zero-order chi connectivity index (χ0) is 14.2. The molecule has 0 spiro atoms. The van der Waals surface area contributed by atoms with Crippen LogP contribution in [-0.2, 0) is 11.2 Å². The number of fused-ring (bicyclic) bond motifs is 1. The Kier molecular flexibility index (Phi) is 3.62. The number of ether oxygens (including phenoxy) is 1. The molecule has 0 unspecified atom stereocenters.